The van der Waals surface area contributed by atoms with E-state index in [1.54, 1.807) is 32.4 Å². The molecule has 158 valence electrons. The van der Waals surface area contributed by atoms with Crippen molar-refractivity contribution in [2.45, 2.75) is 78.2 Å². The Balaban J connectivity index is 2.29. The zero-order valence-corrected chi connectivity index (χ0v) is 17.4. The third kappa shape index (κ3) is 5.15. The van der Waals surface area contributed by atoms with Gasteiger partial charge in [0, 0.05) is 13.1 Å². The van der Waals surface area contributed by atoms with Gasteiger partial charge in [-0.15, -0.1) is 0 Å². The number of carbonyl (C=O) groups is 2. The fraction of sp³-hybridized carbons (Fsp3) is 0.737. The Bertz CT molecular complexity index is 697. The molecule has 0 saturated heterocycles. The largest absolute Gasteiger partial charge is 0.449 e. The lowest BCUT2D eigenvalue weighted by Gasteiger charge is -2.34. The molecule has 0 radical (unpaired) electrons. The number of hydrogen-bond donors (Lipinski definition) is 2. The summed E-state index contributed by atoms with van der Waals surface area (Å²) in [6.45, 7) is 10.4. The van der Waals surface area contributed by atoms with Crippen LogP contribution in [0.3, 0.4) is 0 Å². The molecular weight excluding hydrogens is 364 g/mol. The van der Waals surface area contributed by atoms with E-state index in [9.17, 15) is 14.7 Å². The molecule has 1 unspecified atom stereocenters. The van der Waals surface area contributed by atoms with Crippen molar-refractivity contribution in [2.24, 2.45) is 0 Å². The molecule has 2 rings (SSSR count). The lowest BCUT2D eigenvalue weighted by atomic mass is 10.0. The number of fused-ring (bicyclic) bond motifs is 1. The molecule has 0 spiro atoms. The molecule has 1 aromatic rings. The molecule has 2 N–H and O–H groups in total. The van der Waals surface area contributed by atoms with Crippen LogP contribution in [0, 0.1) is 0 Å². The quantitative estimate of drug-likeness (QED) is 0.565. The van der Waals surface area contributed by atoms with Gasteiger partial charge in [0.1, 0.15) is 11.4 Å². The van der Waals surface area contributed by atoms with Crippen LogP contribution >= 0.6 is 0 Å². The summed E-state index contributed by atoms with van der Waals surface area (Å²) in [5.41, 5.74) is -2.02. The van der Waals surface area contributed by atoms with Gasteiger partial charge in [0.25, 0.3) is 0 Å². The smallest absolute Gasteiger partial charge is 0.416 e. The first-order chi connectivity index (χ1) is 13.1. The van der Waals surface area contributed by atoms with Crippen LogP contribution < -0.4 is 10.2 Å². The number of alkyl carbamates (subject to hydrolysis) is 1. The number of unbranched alkanes of at least 4 members (excludes halogenated alkanes) is 1. The van der Waals surface area contributed by atoms with Gasteiger partial charge in [-0.05, 0) is 40.0 Å². The van der Waals surface area contributed by atoms with Crippen molar-refractivity contribution < 1.29 is 24.2 Å². The Hall–Kier alpha value is -2.29. The molecule has 0 aromatic carbocycles. The molecule has 1 atom stereocenters. The predicted octanol–water partition coefficient (Wildman–Crippen LogP) is 3.11. The van der Waals surface area contributed by atoms with Gasteiger partial charge < -0.3 is 14.6 Å². The lowest BCUT2D eigenvalue weighted by Crippen LogP contribution is -2.48. The minimum absolute atomic E-state index is 0.177. The first kappa shape index (κ1) is 22.0. The number of ether oxygens (including phenoxy) is 2. The van der Waals surface area contributed by atoms with Crippen molar-refractivity contribution in [3.05, 3.63) is 11.8 Å². The Morgan fingerprint density at radius 2 is 2.00 bits per heavy atom. The van der Waals surface area contributed by atoms with E-state index in [2.05, 4.69) is 10.4 Å². The Labute approximate surface area is 166 Å². The van der Waals surface area contributed by atoms with E-state index in [1.165, 1.54) is 11.1 Å². The molecule has 1 aliphatic heterocycles. The standard InChI is InChI=1S/C19H32N4O5/c1-6-8-12-27-16(24)21-19(26,7-2)14-13-20-23-11-9-10-22(15(14)23)17(25)28-18(3,4)5/h13,26H,6-12H2,1-5H3,(H,21,24). The highest BCUT2D eigenvalue weighted by molar-refractivity contribution is 5.88. The van der Waals surface area contributed by atoms with E-state index in [4.69, 9.17) is 9.47 Å². The fourth-order valence-corrected chi connectivity index (χ4v) is 2.96. The summed E-state index contributed by atoms with van der Waals surface area (Å²) in [5.74, 6) is 0.429. The van der Waals surface area contributed by atoms with Crippen LogP contribution in [-0.4, -0.2) is 45.8 Å². The number of carbonyl (C=O) groups excluding carboxylic acids is 2. The monoisotopic (exact) mass is 396 g/mol. The van der Waals surface area contributed by atoms with E-state index in [0.29, 0.717) is 30.9 Å². The molecule has 2 amide bonds. The highest BCUT2D eigenvalue weighted by atomic mass is 16.6. The summed E-state index contributed by atoms with van der Waals surface area (Å²) in [6, 6.07) is 0. The topological polar surface area (TPSA) is 106 Å². The summed E-state index contributed by atoms with van der Waals surface area (Å²) < 4.78 is 12.3. The predicted molar refractivity (Wildman–Crippen MR) is 104 cm³/mol. The normalized spacial score (nSPS) is 16.1. The second-order valence-electron chi connectivity index (χ2n) is 7.92. The van der Waals surface area contributed by atoms with E-state index < -0.39 is 23.5 Å². The summed E-state index contributed by atoms with van der Waals surface area (Å²) >= 11 is 0. The molecule has 0 aliphatic carbocycles. The minimum atomic E-state index is -1.71. The van der Waals surface area contributed by atoms with E-state index in [-0.39, 0.29) is 13.0 Å². The molecule has 0 saturated carbocycles. The van der Waals surface area contributed by atoms with Crippen LogP contribution in [-0.2, 0) is 21.7 Å². The molecule has 1 aliphatic rings. The number of hydrogen-bond acceptors (Lipinski definition) is 6. The summed E-state index contributed by atoms with van der Waals surface area (Å²) in [6.07, 6.45) is 2.78. The van der Waals surface area contributed by atoms with Crippen LogP contribution in [0.1, 0.15) is 65.9 Å². The molecule has 0 bridgehead atoms. The number of amides is 2. The van der Waals surface area contributed by atoms with Gasteiger partial charge >= 0.3 is 12.2 Å². The van der Waals surface area contributed by atoms with E-state index in [0.717, 1.165) is 12.8 Å². The van der Waals surface area contributed by atoms with Crippen LogP contribution in [0.5, 0.6) is 0 Å². The molecule has 9 nitrogen and oxygen atoms in total. The van der Waals surface area contributed by atoms with E-state index >= 15 is 0 Å². The number of nitrogens with zero attached hydrogens (tertiary/aromatic N) is 3. The van der Waals surface area contributed by atoms with Gasteiger partial charge in [-0.3, -0.25) is 10.2 Å². The second kappa shape index (κ2) is 8.81. The fourth-order valence-electron chi connectivity index (χ4n) is 2.96. The van der Waals surface area contributed by atoms with Crippen LogP contribution in [0.2, 0.25) is 0 Å². The van der Waals surface area contributed by atoms with Crippen molar-refractivity contribution in [2.75, 3.05) is 18.1 Å². The Morgan fingerprint density at radius 1 is 1.29 bits per heavy atom. The van der Waals surface area contributed by atoms with Crippen molar-refractivity contribution in [3.8, 4) is 0 Å². The van der Waals surface area contributed by atoms with Crippen LogP contribution in [0.15, 0.2) is 6.20 Å². The van der Waals surface area contributed by atoms with Crippen LogP contribution in [0.25, 0.3) is 0 Å². The second-order valence-corrected chi connectivity index (χ2v) is 7.92. The highest BCUT2D eigenvalue weighted by Gasteiger charge is 2.39. The molecule has 28 heavy (non-hydrogen) atoms. The number of aryl methyl sites for hydroxylation is 1. The average molecular weight is 396 g/mol. The van der Waals surface area contributed by atoms with Gasteiger partial charge in [0.2, 0.25) is 0 Å². The number of aliphatic hydroxyl groups is 1. The Kier molecular flexibility index (Phi) is 6.92. The molecule has 9 heteroatoms. The molecule has 0 fully saturated rings. The maximum Gasteiger partial charge on any atom is 0.416 e. The van der Waals surface area contributed by atoms with Gasteiger partial charge in [0.15, 0.2) is 5.72 Å². The number of nitrogens with one attached hydrogen (secondary N) is 1. The third-order valence-corrected chi connectivity index (χ3v) is 4.43. The van der Waals surface area contributed by atoms with Crippen molar-refractivity contribution in [1.29, 1.82) is 0 Å². The lowest BCUT2D eigenvalue weighted by molar-refractivity contribution is -0.00416. The van der Waals surface area contributed by atoms with Crippen LogP contribution in [0.4, 0.5) is 15.4 Å². The average Bonchev–Trinajstić information content (AvgIpc) is 3.05. The zero-order chi connectivity index (χ0) is 20.9. The number of rotatable bonds is 6. The SMILES string of the molecule is CCCCOC(=O)NC(O)(CC)c1cnn2c1N(C(=O)OC(C)(C)C)CCC2. The van der Waals surface area contributed by atoms with Crippen molar-refractivity contribution in [1.82, 2.24) is 15.1 Å². The maximum atomic E-state index is 12.7. The summed E-state index contributed by atoms with van der Waals surface area (Å²) in [5, 5.41) is 18.0. The summed E-state index contributed by atoms with van der Waals surface area (Å²) in [7, 11) is 0. The molecule has 1 aromatic heterocycles. The first-order valence-electron chi connectivity index (χ1n) is 9.85. The van der Waals surface area contributed by atoms with Crippen molar-refractivity contribution >= 4 is 18.0 Å². The first-order valence-corrected chi connectivity index (χ1v) is 9.85. The summed E-state index contributed by atoms with van der Waals surface area (Å²) in [4.78, 5) is 26.3. The van der Waals surface area contributed by atoms with Gasteiger partial charge in [-0.25, -0.2) is 14.3 Å². The maximum absolute atomic E-state index is 12.7. The number of aromatic nitrogens is 2. The van der Waals surface area contributed by atoms with Gasteiger partial charge in [0.05, 0.1) is 18.4 Å². The Morgan fingerprint density at radius 3 is 2.61 bits per heavy atom. The van der Waals surface area contributed by atoms with Gasteiger partial charge in [-0.2, -0.15) is 5.10 Å². The molecular formula is C19H32N4O5. The van der Waals surface area contributed by atoms with Gasteiger partial charge in [-0.1, -0.05) is 20.3 Å². The van der Waals surface area contributed by atoms with E-state index in [1.807, 2.05) is 6.92 Å². The molecule has 2 heterocycles. The zero-order valence-electron chi connectivity index (χ0n) is 17.4. The van der Waals surface area contributed by atoms with Crippen molar-refractivity contribution in [3.63, 3.8) is 0 Å². The minimum Gasteiger partial charge on any atom is -0.449 e. The number of anilines is 1. The highest BCUT2D eigenvalue weighted by Crippen LogP contribution is 2.34. The third-order valence-electron chi connectivity index (χ3n) is 4.43.